The normalized spacial score (nSPS) is 13.6. The second-order valence-electron chi connectivity index (χ2n) is 6.47. The Hall–Kier alpha value is -2.06. The van der Waals surface area contributed by atoms with Gasteiger partial charge < -0.3 is 10.1 Å². The first-order valence-electron chi connectivity index (χ1n) is 8.16. The topological polar surface area (TPSA) is 21.3 Å². The summed E-state index contributed by atoms with van der Waals surface area (Å²) in [6.45, 7) is 11.7. The molecule has 2 heteroatoms. The molecule has 2 nitrogen and oxygen atoms in total. The van der Waals surface area contributed by atoms with Gasteiger partial charge in [0.05, 0.1) is 18.8 Å². The Bertz CT molecular complexity index is 621. The molecule has 0 fully saturated rings. The molecule has 122 valence electrons. The maximum atomic E-state index is 5.91. The average Bonchev–Trinajstić information content (AvgIpc) is 2.56. The zero-order valence-corrected chi connectivity index (χ0v) is 14.4. The second kappa shape index (κ2) is 7.98. The summed E-state index contributed by atoms with van der Waals surface area (Å²) in [5.41, 5.74) is 3.33. The second-order valence-corrected chi connectivity index (χ2v) is 6.47. The minimum Gasteiger partial charge on any atom is -0.374 e. The minimum atomic E-state index is -0.306. The zero-order chi connectivity index (χ0) is 16.7. The molecule has 2 aromatic rings. The van der Waals surface area contributed by atoms with Crippen LogP contribution >= 0.6 is 0 Å². The van der Waals surface area contributed by atoms with Crippen LogP contribution in [0.5, 0.6) is 0 Å². The highest BCUT2D eigenvalue weighted by Gasteiger charge is 2.22. The molecule has 0 bridgehead atoms. The van der Waals surface area contributed by atoms with E-state index in [-0.39, 0.29) is 5.54 Å². The zero-order valence-electron chi connectivity index (χ0n) is 14.4. The predicted molar refractivity (Wildman–Crippen MR) is 98.9 cm³/mol. The fourth-order valence-corrected chi connectivity index (χ4v) is 2.52. The summed E-state index contributed by atoms with van der Waals surface area (Å²) in [6.07, 6.45) is 1.93. The minimum absolute atomic E-state index is 0.306. The van der Waals surface area contributed by atoms with Gasteiger partial charge >= 0.3 is 0 Å². The van der Waals surface area contributed by atoms with E-state index in [1.54, 1.807) is 0 Å². The van der Waals surface area contributed by atoms with Crippen LogP contribution in [-0.4, -0.2) is 12.1 Å². The monoisotopic (exact) mass is 309 g/mol. The van der Waals surface area contributed by atoms with E-state index in [0.29, 0.717) is 19.1 Å². The largest absolute Gasteiger partial charge is 0.374 e. The molecule has 1 atom stereocenters. The molecule has 0 amide bonds. The van der Waals surface area contributed by atoms with Gasteiger partial charge in [0.25, 0.3) is 0 Å². The van der Waals surface area contributed by atoms with E-state index < -0.39 is 0 Å². The summed E-state index contributed by atoms with van der Waals surface area (Å²) in [5, 5.41) is 3.60. The maximum absolute atomic E-state index is 5.91. The Morgan fingerprint density at radius 2 is 1.74 bits per heavy atom. The lowest BCUT2D eigenvalue weighted by Crippen LogP contribution is -2.37. The van der Waals surface area contributed by atoms with E-state index in [0.717, 1.165) is 5.69 Å². The van der Waals surface area contributed by atoms with E-state index >= 15 is 0 Å². The summed E-state index contributed by atoms with van der Waals surface area (Å²) >= 11 is 0. The summed E-state index contributed by atoms with van der Waals surface area (Å²) in [5.74, 6) is 0.470. The summed E-state index contributed by atoms with van der Waals surface area (Å²) in [7, 11) is 0. The molecule has 0 aliphatic carbocycles. The van der Waals surface area contributed by atoms with Crippen LogP contribution in [0.4, 0.5) is 5.69 Å². The van der Waals surface area contributed by atoms with Crippen LogP contribution in [0, 0.1) is 0 Å². The molecule has 0 aliphatic rings. The molecule has 2 rings (SSSR count). The van der Waals surface area contributed by atoms with Crippen molar-refractivity contribution >= 4 is 5.69 Å². The van der Waals surface area contributed by atoms with Crippen LogP contribution in [0.1, 0.15) is 37.8 Å². The van der Waals surface area contributed by atoms with Gasteiger partial charge in [-0.2, -0.15) is 0 Å². The van der Waals surface area contributed by atoms with Gasteiger partial charge in [-0.15, -0.1) is 6.58 Å². The van der Waals surface area contributed by atoms with Crippen LogP contribution in [0.25, 0.3) is 0 Å². The van der Waals surface area contributed by atoms with Crippen LogP contribution in [0.2, 0.25) is 0 Å². The van der Waals surface area contributed by atoms with Gasteiger partial charge in [0, 0.05) is 5.69 Å². The molecular formula is C21H27NO. The van der Waals surface area contributed by atoms with Crippen LogP contribution in [0.3, 0.4) is 0 Å². The highest BCUT2D eigenvalue weighted by molar-refractivity contribution is 5.55. The van der Waals surface area contributed by atoms with Crippen molar-refractivity contribution in [3.8, 4) is 0 Å². The Balaban J connectivity index is 2.01. The van der Waals surface area contributed by atoms with E-state index in [4.69, 9.17) is 4.74 Å². The van der Waals surface area contributed by atoms with Gasteiger partial charge in [0.1, 0.15) is 0 Å². The molecule has 0 saturated heterocycles. The lowest BCUT2D eigenvalue weighted by atomic mass is 9.97. The van der Waals surface area contributed by atoms with Gasteiger partial charge in [0.15, 0.2) is 0 Å². The van der Waals surface area contributed by atoms with Gasteiger partial charge in [-0.1, -0.05) is 68.5 Å². The van der Waals surface area contributed by atoms with Crippen LogP contribution in [-0.2, 0) is 11.3 Å². The molecule has 0 radical (unpaired) electrons. The molecule has 1 N–H and O–H groups in total. The first kappa shape index (κ1) is 17.3. The number of para-hydroxylation sites is 1. The fraction of sp³-hybridized carbons (Fsp3) is 0.333. The molecule has 0 saturated carbocycles. The maximum Gasteiger partial charge on any atom is 0.0759 e. The standard InChI is InChI=1S/C21H27NO/c1-5-21(4,16-23-15-18-11-7-6-8-12-18)22-20-14-10-9-13-19(20)17(2)3/h5-14,17,22H,1,15-16H2,2-4H3/t21-/m0/s1. The van der Waals surface area contributed by atoms with Crippen molar-refractivity contribution in [3.05, 3.63) is 78.4 Å². The molecular weight excluding hydrogens is 282 g/mol. The van der Waals surface area contributed by atoms with Crippen molar-refractivity contribution < 1.29 is 4.74 Å². The fourth-order valence-electron chi connectivity index (χ4n) is 2.52. The number of benzene rings is 2. The van der Waals surface area contributed by atoms with Crippen LogP contribution in [0.15, 0.2) is 67.3 Å². The summed E-state index contributed by atoms with van der Waals surface area (Å²) in [6, 6.07) is 18.7. The highest BCUT2D eigenvalue weighted by Crippen LogP contribution is 2.27. The molecule has 0 unspecified atom stereocenters. The molecule has 0 aromatic heterocycles. The first-order chi connectivity index (χ1) is 11.0. The lowest BCUT2D eigenvalue weighted by molar-refractivity contribution is 0.0988. The third-order valence-electron chi connectivity index (χ3n) is 3.97. The van der Waals surface area contributed by atoms with Gasteiger partial charge in [-0.05, 0) is 30.0 Å². The van der Waals surface area contributed by atoms with Crippen molar-refractivity contribution in [3.63, 3.8) is 0 Å². The Morgan fingerprint density at radius 3 is 2.39 bits per heavy atom. The number of ether oxygens (including phenoxy) is 1. The third kappa shape index (κ3) is 4.97. The van der Waals surface area contributed by atoms with E-state index in [9.17, 15) is 0 Å². The van der Waals surface area contributed by atoms with E-state index in [1.165, 1.54) is 11.1 Å². The quantitative estimate of drug-likeness (QED) is 0.661. The molecule has 0 spiro atoms. The van der Waals surface area contributed by atoms with Crippen molar-refractivity contribution in [2.75, 3.05) is 11.9 Å². The van der Waals surface area contributed by atoms with Crippen LogP contribution < -0.4 is 5.32 Å². The number of anilines is 1. The SMILES string of the molecule is C=C[C@@](C)(COCc1ccccc1)Nc1ccccc1C(C)C. The Labute approximate surface area is 140 Å². The summed E-state index contributed by atoms with van der Waals surface area (Å²) in [4.78, 5) is 0. The van der Waals surface area contributed by atoms with Crippen molar-refractivity contribution in [2.24, 2.45) is 0 Å². The predicted octanol–water partition coefficient (Wildman–Crippen LogP) is 5.38. The highest BCUT2D eigenvalue weighted by atomic mass is 16.5. The molecule has 2 aromatic carbocycles. The average molecular weight is 309 g/mol. The third-order valence-corrected chi connectivity index (χ3v) is 3.97. The Kier molecular flexibility index (Phi) is 6.00. The molecule has 0 heterocycles. The van der Waals surface area contributed by atoms with E-state index in [2.05, 4.69) is 69.1 Å². The van der Waals surface area contributed by atoms with Gasteiger partial charge in [-0.25, -0.2) is 0 Å². The van der Waals surface area contributed by atoms with Crippen molar-refractivity contribution in [2.45, 2.75) is 38.8 Å². The first-order valence-corrected chi connectivity index (χ1v) is 8.16. The number of hydrogen-bond acceptors (Lipinski definition) is 2. The van der Waals surface area contributed by atoms with Gasteiger partial charge in [-0.3, -0.25) is 0 Å². The smallest absolute Gasteiger partial charge is 0.0759 e. The lowest BCUT2D eigenvalue weighted by Gasteiger charge is -2.30. The number of hydrogen-bond donors (Lipinski definition) is 1. The van der Waals surface area contributed by atoms with Crippen molar-refractivity contribution in [1.82, 2.24) is 0 Å². The Morgan fingerprint density at radius 1 is 1.09 bits per heavy atom. The number of nitrogens with one attached hydrogen (secondary N) is 1. The molecule has 23 heavy (non-hydrogen) atoms. The van der Waals surface area contributed by atoms with Crippen molar-refractivity contribution in [1.29, 1.82) is 0 Å². The molecule has 0 aliphatic heterocycles. The van der Waals surface area contributed by atoms with E-state index in [1.807, 2.05) is 24.3 Å². The van der Waals surface area contributed by atoms with Gasteiger partial charge in [0.2, 0.25) is 0 Å². The summed E-state index contributed by atoms with van der Waals surface area (Å²) < 4.78 is 5.91. The number of rotatable bonds is 8.